The van der Waals surface area contributed by atoms with Crippen LogP contribution in [0.5, 0.6) is 0 Å². The summed E-state index contributed by atoms with van der Waals surface area (Å²) in [4.78, 5) is 25.6. The van der Waals surface area contributed by atoms with E-state index in [1.54, 1.807) is 0 Å². The minimum Gasteiger partial charge on any atom is -0.478 e. The third kappa shape index (κ3) is 5.27. The summed E-state index contributed by atoms with van der Waals surface area (Å²) in [6.07, 6.45) is 3.71. The predicted octanol–water partition coefficient (Wildman–Crippen LogP) is 7.85. The van der Waals surface area contributed by atoms with Crippen LogP contribution in [0.1, 0.15) is 105 Å². The van der Waals surface area contributed by atoms with Gasteiger partial charge in [-0.3, -0.25) is 4.79 Å². The van der Waals surface area contributed by atoms with Crippen molar-refractivity contribution >= 4 is 29.1 Å². The molecule has 0 amide bonds. The number of hydrogen-bond acceptors (Lipinski definition) is 5. The van der Waals surface area contributed by atoms with Gasteiger partial charge in [-0.05, 0) is 134 Å². The number of aliphatic hydroxyl groups is 2. The molecular formula is C37H51ClO6. The van der Waals surface area contributed by atoms with Crippen molar-refractivity contribution in [2.75, 3.05) is 0 Å². The largest absolute Gasteiger partial charge is 0.478 e. The highest BCUT2D eigenvalue weighted by atomic mass is 35.5. The van der Waals surface area contributed by atoms with Gasteiger partial charge in [0.15, 0.2) is 0 Å². The number of ether oxygens (including phenoxy) is 1. The van der Waals surface area contributed by atoms with Crippen molar-refractivity contribution in [2.45, 2.75) is 118 Å². The third-order valence-corrected chi connectivity index (χ3v) is 13.3. The van der Waals surface area contributed by atoms with E-state index in [9.17, 15) is 24.9 Å². The van der Waals surface area contributed by atoms with Gasteiger partial charge in [-0.2, -0.15) is 0 Å². The van der Waals surface area contributed by atoms with E-state index in [0.29, 0.717) is 47.8 Å². The molecule has 0 spiro atoms. The molecule has 4 fully saturated rings. The molecule has 4 aliphatic rings. The molecule has 242 valence electrons. The highest BCUT2D eigenvalue weighted by Gasteiger charge is 2.70. The van der Waals surface area contributed by atoms with Gasteiger partial charge in [-0.15, -0.1) is 0 Å². The topological polar surface area (TPSA) is 104 Å². The number of carbonyl (C=O) groups is 2. The number of carboxylic acid groups (broad SMARTS) is 1. The Morgan fingerprint density at radius 3 is 2.20 bits per heavy atom. The maximum atomic E-state index is 13.1. The SMILES string of the molecule is CC(=O)O[C@H]1C[C@@]2(C)[C@@H](C[C@@H](O)C3[C@]2(C)CC[C@H]2[C@H](C)[C@H](O)CC[C@]32C)/C1=C(\CCC(=C(C)C)c1ccc(Cl)cc1)C(=O)O. The van der Waals surface area contributed by atoms with E-state index in [1.165, 1.54) is 6.92 Å². The smallest absolute Gasteiger partial charge is 0.331 e. The highest BCUT2D eigenvalue weighted by molar-refractivity contribution is 6.30. The summed E-state index contributed by atoms with van der Waals surface area (Å²) >= 11 is 6.14. The average molecular weight is 627 g/mol. The van der Waals surface area contributed by atoms with E-state index in [2.05, 4.69) is 27.7 Å². The number of esters is 1. The number of halogens is 1. The number of aliphatic carboxylic acids is 1. The van der Waals surface area contributed by atoms with Gasteiger partial charge in [0.25, 0.3) is 0 Å². The second kappa shape index (κ2) is 11.9. The van der Waals surface area contributed by atoms with Gasteiger partial charge in [0.05, 0.1) is 12.2 Å². The third-order valence-electron chi connectivity index (χ3n) is 13.0. The molecule has 44 heavy (non-hydrogen) atoms. The number of carboxylic acids is 1. The number of benzene rings is 1. The Morgan fingerprint density at radius 2 is 1.61 bits per heavy atom. The fraction of sp³-hybridized carbons (Fsp3) is 0.676. The summed E-state index contributed by atoms with van der Waals surface area (Å²) < 4.78 is 5.99. The Kier molecular flexibility index (Phi) is 8.98. The Bertz CT molecular complexity index is 1360. The van der Waals surface area contributed by atoms with Crippen LogP contribution >= 0.6 is 11.6 Å². The van der Waals surface area contributed by atoms with Crippen LogP contribution in [0.2, 0.25) is 5.02 Å². The number of hydrogen-bond donors (Lipinski definition) is 3. The minimum absolute atomic E-state index is 0.0118. The number of carbonyl (C=O) groups excluding carboxylic acids is 1. The summed E-state index contributed by atoms with van der Waals surface area (Å²) in [7, 11) is 0. The van der Waals surface area contributed by atoms with Crippen molar-refractivity contribution in [3.63, 3.8) is 0 Å². The fourth-order valence-electron chi connectivity index (χ4n) is 10.9. The lowest BCUT2D eigenvalue weighted by Crippen LogP contribution is -2.65. The molecule has 4 aliphatic carbocycles. The van der Waals surface area contributed by atoms with Gasteiger partial charge in [-0.25, -0.2) is 4.79 Å². The maximum absolute atomic E-state index is 13.1. The van der Waals surface area contributed by atoms with Gasteiger partial charge < -0.3 is 20.1 Å². The summed E-state index contributed by atoms with van der Waals surface area (Å²) in [5.41, 5.74) is 3.40. The van der Waals surface area contributed by atoms with Gasteiger partial charge >= 0.3 is 11.9 Å². The molecule has 10 atom stereocenters. The van der Waals surface area contributed by atoms with Gasteiger partial charge in [0.2, 0.25) is 0 Å². The minimum atomic E-state index is -0.988. The van der Waals surface area contributed by atoms with E-state index in [4.69, 9.17) is 16.3 Å². The zero-order valence-electron chi connectivity index (χ0n) is 27.5. The molecule has 0 heterocycles. The van der Waals surface area contributed by atoms with Crippen molar-refractivity contribution in [1.82, 2.24) is 0 Å². The van der Waals surface area contributed by atoms with Crippen LogP contribution in [-0.4, -0.2) is 45.6 Å². The molecular weight excluding hydrogens is 576 g/mol. The first kappa shape index (κ1) is 33.2. The Morgan fingerprint density at radius 1 is 0.955 bits per heavy atom. The van der Waals surface area contributed by atoms with Crippen LogP contribution in [0.25, 0.3) is 5.57 Å². The summed E-state index contributed by atoms with van der Waals surface area (Å²) in [5.74, 6) is -1.11. The quantitative estimate of drug-likeness (QED) is 0.219. The number of rotatable bonds is 6. The first-order chi connectivity index (χ1) is 20.5. The molecule has 6 nitrogen and oxygen atoms in total. The van der Waals surface area contributed by atoms with E-state index in [1.807, 2.05) is 38.1 Å². The Hall–Kier alpha value is -2.15. The van der Waals surface area contributed by atoms with E-state index in [0.717, 1.165) is 42.4 Å². The van der Waals surface area contributed by atoms with Crippen LogP contribution < -0.4 is 0 Å². The van der Waals surface area contributed by atoms with Crippen LogP contribution in [0.3, 0.4) is 0 Å². The van der Waals surface area contributed by atoms with Gasteiger partial charge in [0.1, 0.15) is 6.10 Å². The molecule has 5 rings (SSSR count). The van der Waals surface area contributed by atoms with E-state index in [-0.39, 0.29) is 40.1 Å². The molecule has 3 N–H and O–H groups in total. The first-order valence-electron chi connectivity index (χ1n) is 16.5. The standard InChI is InChI=1S/C37H51ClO6/c1-20(2)25(23-8-10-24(38)11-9-23)12-13-26(34(42)43)32-28-18-30(41)33-35(5)16-15-29(40)21(3)27(35)14-17-36(33,6)37(28,7)19-31(32)44-22(4)39/h8-11,21,27-31,33,40-41H,12-19H2,1-7H3,(H,42,43)/b32-26-/t21-,27-,28-,29+,30+,31-,33?,35-,36-,37-/m0/s1. The second-order valence-electron chi connectivity index (χ2n) is 15.3. The van der Waals surface area contributed by atoms with E-state index >= 15 is 0 Å². The van der Waals surface area contributed by atoms with Crippen LogP contribution in [0, 0.1) is 39.9 Å². The zero-order chi connectivity index (χ0) is 32.4. The van der Waals surface area contributed by atoms with Gasteiger partial charge in [0, 0.05) is 17.5 Å². The van der Waals surface area contributed by atoms with Crippen LogP contribution in [0.4, 0.5) is 0 Å². The number of aliphatic hydroxyl groups excluding tert-OH is 2. The first-order valence-corrected chi connectivity index (χ1v) is 16.8. The molecule has 0 aliphatic heterocycles. The Balaban J connectivity index is 1.57. The zero-order valence-corrected chi connectivity index (χ0v) is 28.2. The van der Waals surface area contributed by atoms with Crippen molar-refractivity contribution in [3.05, 3.63) is 51.6 Å². The summed E-state index contributed by atoms with van der Waals surface area (Å²) in [6.45, 7) is 14.5. The molecule has 1 aromatic rings. The Labute approximate surface area is 267 Å². The molecule has 0 aromatic heterocycles. The lowest BCUT2D eigenvalue weighted by molar-refractivity contribution is -0.234. The number of allylic oxidation sites excluding steroid dienone is 2. The molecule has 1 unspecified atom stereocenters. The maximum Gasteiger partial charge on any atom is 0.331 e. The van der Waals surface area contributed by atoms with Crippen molar-refractivity contribution in [3.8, 4) is 0 Å². The lowest BCUT2D eigenvalue weighted by Gasteiger charge is -2.69. The summed E-state index contributed by atoms with van der Waals surface area (Å²) in [5, 5.41) is 34.2. The fourth-order valence-corrected chi connectivity index (χ4v) is 11.0. The normalized spacial score (nSPS) is 40.7. The lowest BCUT2D eigenvalue weighted by atomic mass is 9.36. The van der Waals surface area contributed by atoms with Crippen molar-refractivity contribution in [1.29, 1.82) is 0 Å². The highest BCUT2D eigenvalue weighted by Crippen LogP contribution is 2.74. The van der Waals surface area contributed by atoms with Crippen molar-refractivity contribution < 1.29 is 29.6 Å². The molecule has 4 saturated carbocycles. The average Bonchev–Trinajstić information content (AvgIpc) is 3.20. The van der Waals surface area contributed by atoms with E-state index < -0.39 is 24.1 Å². The van der Waals surface area contributed by atoms with Gasteiger partial charge in [-0.1, -0.05) is 57.0 Å². The monoisotopic (exact) mass is 626 g/mol. The molecule has 0 bridgehead atoms. The predicted molar refractivity (Wildman–Crippen MR) is 173 cm³/mol. The molecule has 7 heteroatoms. The number of fused-ring (bicyclic) bond motifs is 5. The molecule has 1 aromatic carbocycles. The molecule has 0 saturated heterocycles. The van der Waals surface area contributed by atoms with Crippen LogP contribution in [0.15, 0.2) is 41.0 Å². The second-order valence-corrected chi connectivity index (χ2v) is 15.7. The summed E-state index contributed by atoms with van der Waals surface area (Å²) in [6, 6.07) is 7.62. The molecule has 0 radical (unpaired) electrons. The van der Waals surface area contributed by atoms with Crippen molar-refractivity contribution in [2.24, 2.45) is 39.9 Å². The van der Waals surface area contributed by atoms with Crippen LogP contribution in [-0.2, 0) is 14.3 Å².